The van der Waals surface area contributed by atoms with Gasteiger partial charge in [-0.2, -0.15) is 0 Å². The molecule has 1 N–H and O–H groups in total. The van der Waals surface area contributed by atoms with Gasteiger partial charge in [-0.3, -0.25) is 9.69 Å². The van der Waals surface area contributed by atoms with Gasteiger partial charge in [0.05, 0.1) is 11.2 Å². The predicted molar refractivity (Wildman–Crippen MR) is 64.8 cm³/mol. The van der Waals surface area contributed by atoms with Crippen molar-refractivity contribution in [1.29, 1.82) is 0 Å². The van der Waals surface area contributed by atoms with Crippen LogP contribution in [0.1, 0.15) is 36.4 Å². The van der Waals surface area contributed by atoms with E-state index in [0.717, 1.165) is 12.2 Å². The molecule has 0 amide bonds. The second kappa shape index (κ2) is 5.96. The van der Waals surface area contributed by atoms with E-state index >= 15 is 0 Å². The number of aryl methyl sites for hydroxylation is 1. The minimum Gasteiger partial charge on any atom is -0.481 e. The minimum atomic E-state index is -0.727. The number of hydrogen-bond acceptors (Lipinski definition) is 4. The second-order valence-corrected chi connectivity index (χ2v) is 4.84. The van der Waals surface area contributed by atoms with Crippen molar-refractivity contribution in [3.63, 3.8) is 0 Å². The molecule has 1 unspecified atom stereocenters. The van der Waals surface area contributed by atoms with Crippen LogP contribution in [0, 0.1) is 6.92 Å². The van der Waals surface area contributed by atoms with Gasteiger partial charge in [-0.25, -0.2) is 4.98 Å². The van der Waals surface area contributed by atoms with Crippen molar-refractivity contribution in [3.8, 4) is 0 Å². The van der Waals surface area contributed by atoms with Crippen LogP contribution in [-0.2, 0) is 4.79 Å². The molecular formula is C11H18N2O2S. The average Bonchev–Trinajstić information content (AvgIpc) is 2.62. The molecule has 0 aliphatic heterocycles. The van der Waals surface area contributed by atoms with Crippen LogP contribution in [-0.4, -0.2) is 34.6 Å². The molecule has 0 radical (unpaired) electrons. The number of carboxylic acids is 1. The molecule has 1 atom stereocenters. The molecule has 0 saturated carbocycles. The molecule has 0 aromatic carbocycles. The predicted octanol–water partition coefficient (Wildman–Crippen LogP) is 2.31. The Morgan fingerprint density at radius 1 is 1.69 bits per heavy atom. The van der Waals surface area contributed by atoms with Crippen LogP contribution in [0.5, 0.6) is 0 Å². The van der Waals surface area contributed by atoms with Gasteiger partial charge >= 0.3 is 5.97 Å². The Bertz CT molecular complexity index is 352. The summed E-state index contributed by atoms with van der Waals surface area (Å²) < 4.78 is 0. The molecular weight excluding hydrogens is 224 g/mol. The van der Waals surface area contributed by atoms with Gasteiger partial charge in [0, 0.05) is 17.3 Å². The van der Waals surface area contributed by atoms with E-state index < -0.39 is 5.97 Å². The van der Waals surface area contributed by atoms with E-state index in [2.05, 4.69) is 16.8 Å². The van der Waals surface area contributed by atoms with Crippen molar-refractivity contribution in [2.75, 3.05) is 13.6 Å². The van der Waals surface area contributed by atoms with Crippen molar-refractivity contribution in [2.24, 2.45) is 0 Å². The summed E-state index contributed by atoms with van der Waals surface area (Å²) >= 11 is 1.66. The van der Waals surface area contributed by atoms with Crippen molar-refractivity contribution in [2.45, 2.75) is 32.7 Å². The molecule has 5 heteroatoms. The van der Waals surface area contributed by atoms with E-state index in [1.807, 2.05) is 19.5 Å². The third-order valence-electron chi connectivity index (χ3n) is 2.72. The molecule has 16 heavy (non-hydrogen) atoms. The average molecular weight is 242 g/mol. The lowest BCUT2D eigenvalue weighted by Gasteiger charge is -2.23. The number of thiazole rings is 1. The quantitative estimate of drug-likeness (QED) is 0.831. The largest absolute Gasteiger partial charge is 0.481 e. The normalized spacial score (nSPS) is 13.0. The molecule has 1 aromatic heterocycles. The Morgan fingerprint density at radius 2 is 2.38 bits per heavy atom. The Hall–Kier alpha value is -0.940. The highest BCUT2D eigenvalue weighted by molar-refractivity contribution is 7.09. The summed E-state index contributed by atoms with van der Waals surface area (Å²) in [6.07, 6.45) is 0.923. The minimum absolute atomic E-state index is 0.235. The van der Waals surface area contributed by atoms with Gasteiger partial charge in [-0.15, -0.1) is 11.3 Å². The molecule has 1 aromatic rings. The van der Waals surface area contributed by atoms with E-state index in [0.29, 0.717) is 12.5 Å². The van der Waals surface area contributed by atoms with Gasteiger partial charge < -0.3 is 5.11 Å². The molecule has 0 bridgehead atoms. The Balaban J connectivity index is 2.45. The Morgan fingerprint density at radius 3 is 2.88 bits per heavy atom. The molecule has 0 fully saturated rings. The maximum Gasteiger partial charge on any atom is 0.303 e. The van der Waals surface area contributed by atoms with Crippen LogP contribution < -0.4 is 0 Å². The molecule has 1 heterocycles. The van der Waals surface area contributed by atoms with E-state index in [-0.39, 0.29) is 6.42 Å². The van der Waals surface area contributed by atoms with Crippen LogP contribution in [0.3, 0.4) is 0 Å². The molecule has 0 aliphatic rings. The van der Waals surface area contributed by atoms with Crippen LogP contribution in [0.25, 0.3) is 0 Å². The maximum absolute atomic E-state index is 10.4. The summed E-state index contributed by atoms with van der Waals surface area (Å²) in [5.41, 5.74) is 2.93. The number of carboxylic acid groups (broad SMARTS) is 1. The lowest BCUT2D eigenvalue weighted by atomic mass is 10.2. The molecule has 0 saturated heterocycles. The number of nitrogens with zero attached hydrogens (tertiary/aromatic N) is 2. The first-order valence-electron chi connectivity index (χ1n) is 5.34. The van der Waals surface area contributed by atoms with Gasteiger partial charge in [0.25, 0.3) is 0 Å². The standard InChI is InChI=1S/C11H18N2O2S/c1-8-11(16-7-12-8)9(2)13(3)6-4-5-10(14)15/h7,9H,4-6H2,1-3H3,(H,14,15). The number of aromatic nitrogens is 1. The first-order valence-corrected chi connectivity index (χ1v) is 6.22. The maximum atomic E-state index is 10.4. The summed E-state index contributed by atoms with van der Waals surface area (Å²) in [7, 11) is 2.02. The van der Waals surface area contributed by atoms with Gasteiger partial charge in [0.15, 0.2) is 0 Å². The first kappa shape index (κ1) is 13.1. The zero-order valence-electron chi connectivity index (χ0n) is 9.93. The van der Waals surface area contributed by atoms with E-state index in [4.69, 9.17) is 5.11 Å². The SMILES string of the molecule is Cc1ncsc1C(C)N(C)CCCC(=O)O. The molecule has 0 spiro atoms. The van der Waals surface area contributed by atoms with Gasteiger partial charge in [-0.1, -0.05) is 0 Å². The van der Waals surface area contributed by atoms with Crippen molar-refractivity contribution in [3.05, 3.63) is 16.1 Å². The molecule has 0 aliphatic carbocycles. The zero-order valence-corrected chi connectivity index (χ0v) is 10.8. The van der Waals surface area contributed by atoms with E-state index in [1.165, 1.54) is 4.88 Å². The third kappa shape index (κ3) is 3.57. The summed E-state index contributed by atoms with van der Waals surface area (Å²) in [4.78, 5) is 18.1. The number of aliphatic carboxylic acids is 1. The lowest BCUT2D eigenvalue weighted by molar-refractivity contribution is -0.137. The fourth-order valence-corrected chi connectivity index (χ4v) is 2.51. The van der Waals surface area contributed by atoms with E-state index in [1.54, 1.807) is 11.3 Å². The van der Waals surface area contributed by atoms with Crippen LogP contribution in [0.15, 0.2) is 5.51 Å². The van der Waals surface area contributed by atoms with Crippen molar-refractivity contribution in [1.82, 2.24) is 9.88 Å². The number of hydrogen-bond donors (Lipinski definition) is 1. The topological polar surface area (TPSA) is 53.4 Å². The van der Waals surface area contributed by atoms with Gasteiger partial charge in [0.2, 0.25) is 0 Å². The monoisotopic (exact) mass is 242 g/mol. The lowest BCUT2D eigenvalue weighted by Crippen LogP contribution is -2.24. The van der Waals surface area contributed by atoms with Crippen LogP contribution in [0.2, 0.25) is 0 Å². The Kier molecular flexibility index (Phi) is 4.89. The van der Waals surface area contributed by atoms with Crippen molar-refractivity contribution >= 4 is 17.3 Å². The number of rotatable bonds is 6. The van der Waals surface area contributed by atoms with E-state index in [9.17, 15) is 4.79 Å². The van der Waals surface area contributed by atoms with Gasteiger partial charge in [0.1, 0.15) is 0 Å². The highest BCUT2D eigenvalue weighted by Gasteiger charge is 2.15. The first-order chi connectivity index (χ1) is 7.52. The summed E-state index contributed by atoms with van der Waals surface area (Å²) in [6.45, 7) is 4.93. The molecule has 90 valence electrons. The number of carbonyl (C=O) groups is 1. The van der Waals surface area contributed by atoms with Crippen LogP contribution >= 0.6 is 11.3 Å². The smallest absolute Gasteiger partial charge is 0.303 e. The van der Waals surface area contributed by atoms with Gasteiger partial charge in [-0.05, 0) is 33.9 Å². The summed E-state index contributed by atoms with van der Waals surface area (Å²) in [5.74, 6) is -0.727. The molecule has 1 rings (SSSR count). The highest BCUT2D eigenvalue weighted by Crippen LogP contribution is 2.25. The highest BCUT2D eigenvalue weighted by atomic mass is 32.1. The zero-order chi connectivity index (χ0) is 12.1. The fraction of sp³-hybridized carbons (Fsp3) is 0.636. The second-order valence-electron chi connectivity index (χ2n) is 3.96. The third-order valence-corrected chi connectivity index (χ3v) is 3.83. The Labute approximate surface area is 99.9 Å². The van der Waals surface area contributed by atoms with Crippen LogP contribution in [0.4, 0.5) is 0 Å². The summed E-state index contributed by atoms with van der Waals surface area (Å²) in [5, 5.41) is 8.57. The van der Waals surface area contributed by atoms with Crippen molar-refractivity contribution < 1.29 is 9.90 Å². The fourth-order valence-electron chi connectivity index (χ4n) is 1.59. The summed E-state index contributed by atoms with van der Waals surface area (Å²) in [6, 6.07) is 0.307. The molecule has 4 nitrogen and oxygen atoms in total.